The lowest BCUT2D eigenvalue weighted by Gasteiger charge is -2.23. The van der Waals surface area contributed by atoms with E-state index in [0.29, 0.717) is 12.8 Å². The molecule has 0 heterocycles. The van der Waals surface area contributed by atoms with Gasteiger partial charge in [0.05, 0.1) is 0 Å². The third-order valence-corrected chi connectivity index (χ3v) is 8.10. The van der Waals surface area contributed by atoms with Crippen molar-refractivity contribution < 1.29 is 43.2 Å². The first-order chi connectivity index (χ1) is 13.2. The largest absolute Gasteiger partial charge is 0.512 e. The Morgan fingerprint density at radius 3 is 1.10 bits per heavy atom. The van der Waals surface area contributed by atoms with Gasteiger partial charge < -0.3 is 0 Å². The fourth-order valence-electron chi connectivity index (χ4n) is 2.68. The van der Waals surface area contributed by atoms with Crippen molar-refractivity contribution in [3.63, 3.8) is 0 Å². The van der Waals surface area contributed by atoms with Gasteiger partial charge in [-0.1, -0.05) is 81.3 Å². The molecule has 0 atom stereocenters. The standard InChI is InChI=1S/C16H29F6NO4S2/c1-2-3-4-5-6-7-8-9-10-11-12-13-14-23(28(24,25)15(17,18)19)29(26,27)16(20,21)22/h2-14H2,1H3. The van der Waals surface area contributed by atoms with Crippen LogP contribution in [0.15, 0.2) is 0 Å². The fraction of sp³-hybridized carbons (Fsp3) is 1.00. The summed E-state index contributed by atoms with van der Waals surface area (Å²) in [5.41, 5.74) is -12.3. The molecule has 0 saturated carbocycles. The van der Waals surface area contributed by atoms with E-state index >= 15 is 0 Å². The van der Waals surface area contributed by atoms with E-state index in [9.17, 15) is 43.2 Å². The molecule has 0 amide bonds. The maximum atomic E-state index is 12.6. The van der Waals surface area contributed by atoms with Crippen molar-refractivity contribution in [3.05, 3.63) is 0 Å². The molecule has 0 spiro atoms. The first-order valence-corrected chi connectivity index (χ1v) is 12.5. The summed E-state index contributed by atoms with van der Waals surface area (Å²) in [5.74, 6) is 0. The molecule has 0 fully saturated rings. The van der Waals surface area contributed by atoms with Crippen molar-refractivity contribution in [2.75, 3.05) is 6.54 Å². The Balaban J connectivity index is 4.49. The van der Waals surface area contributed by atoms with E-state index in [1.54, 1.807) is 0 Å². The lowest BCUT2D eigenvalue weighted by Crippen LogP contribution is -2.49. The molecule has 0 radical (unpaired) electrons. The van der Waals surface area contributed by atoms with Gasteiger partial charge in [0, 0.05) is 6.54 Å². The molecule has 0 aliphatic carbocycles. The number of halogens is 6. The Morgan fingerprint density at radius 2 is 0.828 bits per heavy atom. The van der Waals surface area contributed by atoms with Crippen molar-refractivity contribution in [2.24, 2.45) is 0 Å². The molecule has 0 aromatic carbocycles. The first kappa shape index (κ1) is 28.4. The molecule has 0 aromatic heterocycles. The molecule has 0 rings (SSSR count). The van der Waals surface area contributed by atoms with Gasteiger partial charge in [-0.2, -0.15) is 26.3 Å². The van der Waals surface area contributed by atoms with Gasteiger partial charge in [0.15, 0.2) is 0 Å². The van der Waals surface area contributed by atoms with Gasteiger partial charge >= 0.3 is 31.1 Å². The zero-order chi connectivity index (χ0) is 22.8. The number of unbranched alkanes of at least 4 members (excludes halogenated alkanes) is 11. The monoisotopic (exact) mass is 477 g/mol. The molecule has 5 nitrogen and oxygen atoms in total. The Labute approximate surface area is 168 Å². The van der Waals surface area contributed by atoms with Crippen molar-refractivity contribution in [2.45, 2.75) is 95.0 Å². The number of hydrogen-bond acceptors (Lipinski definition) is 4. The van der Waals surface area contributed by atoms with E-state index in [4.69, 9.17) is 0 Å². The molecule has 13 heteroatoms. The molecule has 29 heavy (non-hydrogen) atoms. The van der Waals surface area contributed by atoms with Crippen LogP contribution < -0.4 is 0 Å². The summed E-state index contributed by atoms with van der Waals surface area (Å²) in [4.78, 5) is 0. The van der Waals surface area contributed by atoms with Crippen LogP contribution in [0.4, 0.5) is 26.3 Å². The molecule has 0 aliphatic heterocycles. The number of alkyl halides is 6. The number of hydrogen-bond donors (Lipinski definition) is 0. The van der Waals surface area contributed by atoms with Crippen LogP contribution in [0, 0.1) is 0 Å². The van der Waals surface area contributed by atoms with E-state index in [0.717, 1.165) is 38.5 Å². The molecular weight excluding hydrogens is 448 g/mol. The molecule has 0 bridgehead atoms. The smallest absolute Gasteiger partial charge is 0.202 e. The number of nitrogens with zero attached hydrogens (tertiary/aromatic N) is 1. The zero-order valence-electron chi connectivity index (χ0n) is 16.4. The van der Waals surface area contributed by atoms with Crippen LogP contribution in [0.1, 0.15) is 84.0 Å². The Hall–Kier alpha value is -0.560. The molecular formula is C16H29F6NO4S2. The van der Waals surface area contributed by atoms with Crippen molar-refractivity contribution >= 4 is 20.0 Å². The maximum Gasteiger partial charge on any atom is 0.512 e. The van der Waals surface area contributed by atoms with E-state index in [-0.39, 0.29) is 6.42 Å². The van der Waals surface area contributed by atoms with Crippen LogP contribution in [0.25, 0.3) is 0 Å². The van der Waals surface area contributed by atoms with Gasteiger partial charge in [-0.15, -0.1) is 0 Å². The highest BCUT2D eigenvalue weighted by atomic mass is 32.3. The number of sulfonamides is 2. The summed E-state index contributed by atoms with van der Waals surface area (Å²) < 4.78 is 119. The second-order valence-electron chi connectivity index (χ2n) is 6.79. The van der Waals surface area contributed by atoms with E-state index in [1.165, 1.54) is 12.8 Å². The normalized spacial score (nSPS) is 13.9. The third kappa shape index (κ3) is 9.41. The van der Waals surface area contributed by atoms with Crippen molar-refractivity contribution in [1.29, 1.82) is 0 Å². The summed E-state index contributed by atoms with van der Waals surface area (Å²) >= 11 is 0. The molecule has 0 N–H and O–H groups in total. The summed E-state index contributed by atoms with van der Waals surface area (Å²) in [6.07, 6.45) is 9.51. The summed E-state index contributed by atoms with van der Waals surface area (Å²) in [6, 6.07) is 0. The van der Waals surface area contributed by atoms with Gasteiger partial charge in [0.1, 0.15) is 0 Å². The Morgan fingerprint density at radius 1 is 0.552 bits per heavy atom. The van der Waals surface area contributed by atoms with Crippen LogP contribution >= 0.6 is 0 Å². The molecule has 0 saturated heterocycles. The van der Waals surface area contributed by atoms with Gasteiger partial charge in [0.2, 0.25) is 0 Å². The minimum Gasteiger partial charge on any atom is -0.202 e. The van der Waals surface area contributed by atoms with Crippen LogP contribution in [0.2, 0.25) is 0 Å². The summed E-state index contributed by atoms with van der Waals surface area (Å²) in [6.45, 7) is 0.720. The first-order valence-electron chi connectivity index (χ1n) is 9.60. The topological polar surface area (TPSA) is 71.5 Å². The van der Waals surface area contributed by atoms with Gasteiger partial charge in [-0.25, -0.2) is 16.8 Å². The van der Waals surface area contributed by atoms with Crippen LogP contribution in [-0.2, 0) is 20.0 Å². The highest BCUT2D eigenvalue weighted by Crippen LogP contribution is 2.35. The fourth-order valence-corrected chi connectivity index (χ4v) is 5.42. The lowest BCUT2D eigenvalue weighted by molar-refractivity contribution is -0.0531. The Bertz CT molecular complexity index is 616. The predicted molar refractivity (Wildman–Crippen MR) is 97.7 cm³/mol. The second-order valence-corrected chi connectivity index (χ2v) is 10.7. The number of rotatable bonds is 15. The van der Waals surface area contributed by atoms with Crippen molar-refractivity contribution in [1.82, 2.24) is 3.71 Å². The van der Waals surface area contributed by atoms with E-state index in [1.807, 2.05) is 0 Å². The third-order valence-electron chi connectivity index (χ3n) is 4.32. The molecule has 0 aliphatic rings. The van der Waals surface area contributed by atoms with Crippen LogP contribution in [-0.4, -0.2) is 38.1 Å². The summed E-state index contributed by atoms with van der Waals surface area (Å²) in [7, 11) is -13.3. The minimum absolute atomic E-state index is 0.119. The van der Waals surface area contributed by atoms with Gasteiger partial charge in [-0.05, 0) is 6.42 Å². The van der Waals surface area contributed by atoms with Gasteiger partial charge in [-0.3, -0.25) is 0 Å². The average molecular weight is 478 g/mol. The van der Waals surface area contributed by atoms with Crippen LogP contribution in [0.3, 0.4) is 0 Å². The molecule has 176 valence electrons. The SMILES string of the molecule is CCCCCCCCCCCCCCN(S(=O)(=O)C(F)(F)F)S(=O)(=O)C(F)(F)F. The minimum atomic E-state index is -6.67. The predicted octanol–water partition coefficient (Wildman–Crippen LogP) is 5.69. The quantitative estimate of drug-likeness (QED) is 0.224. The molecule has 0 aromatic rings. The second kappa shape index (κ2) is 12.3. The Kier molecular flexibility index (Phi) is 12.1. The highest BCUT2D eigenvalue weighted by Gasteiger charge is 2.61. The highest BCUT2D eigenvalue weighted by molar-refractivity contribution is 8.04. The maximum absolute atomic E-state index is 12.6. The van der Waals surface area contributed by atoms with Gasteiger partial charge in [0.25, 0.3) is 0 Å². The zero-order valence-corrected chi connectivity index (χ0v) is 18.0. The average Bonchev–Trinajstić information content (AvgIpc) is 2.56. The molecule has 0 unspecified atom stereocenters. The van der Waals surface area contributed by atoms with E-state index in [2.05, 4.69) is 6.92 Å². The summed E-state index contributed by atoms with van der Waals surface area (Å²) in [5, 5.41) is 0. The van der Waals surface area contributed by atoms with E-state index < -0.39 is 47.7 Å². The van der Waals surface area contributed by atoms with Crippen LogP contribution in [0.5, 0.6) is 0 Å². The van der Waals surface area contributed by atoms with Crippen molar-refractivity contribution in [3.8, 4) is 0 Å². The lowest BCUT2D eigenvalue weighted by atomic mass is 10.1.